The summed E-state index contributed by atoms with van der Waals surface area (Å²) in [5, 5.41) is 3.36. The highest BCUT2D eigenvalue weighted by Gasteiger charge is 2.30. The number of rotatable bonds is 5. The molecule has 0 radical (unpaired) electrons. The molecule has 1 N–H and O–H groups in total. The van der Waals surface area contributed by atoms with Gasteiger partial charge in [0.05, 0.1) is 9.77 Å². The molecule has 20 heavy (non-hydrogen) atoms. The van der Waals surface area contributed by atoms with Gasteiger partial charge in [0.2, 0.25) is 0 Å². The molecule has 0 saturated carbocycles. The Morgan fingerprint density at radius 2 is 1.85 bits per heavy atom. The van der Waals surface area contributed by atoms with E-state index in [1.807, 2.05) is 0 Å². The Morgan fingerprint density at radius 3 is 2.35 bits per heavy atom. The van der Waals surface area contributed by atoms with Crippen LogP contribution in [0.3, 0.4) is 0 Å². The van der Waals surface area contributed by atoms with Gasteiger partial charge in [-0.15, -0.1) is 0 Å². The van der Waals surface area contributed by atoms with Crippen molar-refractivity contribution in [2.24, 2.45) is 0 Å². The lowest BCUT2D eigenvalue weighted by Crippen LogP contribution is -2.42. The van der Waals surface area contributed by atoms with Crippen molar-refractivity contribution in [3.05, 3.63) is 33.6 Å². The van der Waals surface area contributed by atoms with Gasteiger partial charge in [-0.05, 0) is 38.5 Å². The molecule has 1 rings (SSSR count). The second kappa shape index (κ2) is 6.18. The molecule has 3 nitrogen and oxygen atoms in total. The van der Waals surface area contributed by atoms with E-state index in [1.54, 1.807) is 20.8 Å². The van der Waals surface area contributed by atoms with Crippen molar-refractivity contribution in [3.8, 4) is 0 Å². The minimum atomic E-state index is -3.20. The van der Waals surface area contributed by atoms with Crippen molar-refractivity contribution in [1.29, 1.82) is 0 Å². The summed E-state index contributed by atoms with van der Waals surface area (Å²) >= 11 is 11.7. The van der Waals surface area contributed by atoms with E-state index in [-0.39, 0.29) is 17.6 Å². The normalized spacial score (nSPS) is 14.3. The van der Waals surface area contributed by atoms with Crippen LogP contribution in [0.1, 0.15) is 32.4 Å². The largest absolute Gasteiger partial charge is 0.309 e. The molecule has 1 aromatic rings. The Balaban J connectivity index is 2.88. The van der Waals surface area contributed by atoms with Crippen molar-refractivity contribution < 1.29 is 12.8 Å². The minimum absolute atomic E-state index is 0.0394. The lowest BCUT2D eigenvalue weighted by atomic mass is 10.1. The van der Waals surface area contributed by atoms with Gasteiger partial charge in [0.25, 0.3) is 0 Å². The molecule has 0 amide bonds. The standard InChI is InChI=1S/C13H18Cl2FNO2S/c1-8(17-7-13(2,3)20(4,18)19)9-5-12(16)11(15)6-10(9)14/h5-6,8,17H,7H2,1-4H3. The lowest BCUT2D eigenvalue weighted by molar-refractivity contribution is 0.487. The number of hydrogen-bond acceptors (Lipinski definition) is 3. The van der Waals surface area contributed by atoms with Gasteiger partial charge in [-0.2, -0.15) is 0 Å². The predicted molar refractivity (Wildman–Crippen MR) is 81.8 cm³/mol. The molecule has 114 valence electrons. The molecule has 0 aromatic heterocycles. The first-order valence-electron chi connectivity index (χ1n) is 6.03. The van der Waals surface area contributed by atoms with E-state index in [2.05, 4.69) is 5.32 Å². The Labute approximate surface area is 129 Å². The van der Waals surface area contributed by atoms with Crippen molar-refractivity contribution in [1.82, 2.24) is 5.32 Å². The fourth-order valence-corrected chi connectivity index (χ4v) is 2.40. The van der Waals surface area contributed by atoms with Crippen LogP contribution in [0, 0.1) is 5.82 Å². The topological polar surface area (TPSA) is 46.2 Å². The molecule has 0 bridgehead atoms. The van der Waals surface area contributed by atoms with Crippen LogP contribution < -0.4 is 5.32 Å². The Morgan fingerprint density at radius 1 is 1.30 bits per heavy atom. The number of nitrogens with one attached hydrogen (secondary N) is 1. The van der Waals surface area contributed by atoms with Gasteiger partial charge in [0, 0.05) is 23.9 Å². The van der Waals surface area contributed by atoms with E-state index in [9.17, 15) is 12.8 Å². The van der Waals surface area contributed by atoms with E-state index in [1.165, 1.54) is 18.4 Å². The van der Waals surface area contributed by atoms with E-state index < -0.39 is 20.4 Å². The monoisotopic (exact) mass is 341 g/mol. The van der Waals surface area contributed by atoms with Crippen LogP contribution in [0.2, 0.25) is 10.0 Å². The number of sulfone groups is 1. The van der Waals surface area contributed by atoms with Gasteiger partial charge in [-0.3, -0.25) is 0 Å². The third-order valence-electron chi connectivity index (χ3n) is 3.34. The molecule has 0 spiro atoms. The average molecular weight is 342 g/mol. The number of benzene rings is 1. The fraction of sp³-hybridized carbons (Fsp3) is 0.538. The molecule has 1 unspecified atom stereocenters. The third kappa shape index (κ3) is 4.07. The maximum Gasteiger partial charge on any atom is 0.153 e. The van der Waals surface area contributed by atoms with Gasteiger partial charge < -0.3 is 5.32 Å². The third-order valence-corrected chi connectivity index (χ3v) is 6.11. The highest BCUT2D eigenvalue weighted by Crippen LogP contribution is 2.29. The predicted octanol–water partition coefficient (Wildman–Crippen LogP) is 3.61. The first-order valence-corrected chi connectivity index (χ1v) is 8.68. The Hall–Kier alpha value is -0.360. The SMILES string of the molecule is CC(NCC(C)(C)S(C)(=O)=O)c1cc(F)c(Cl)cc1Cl. The maximum absolute atomic E-state index is 13.5. The Bertz CT molecular complexity index is 603. The van der Waals surface area contributed by atoms with Crippen LogP contribution in [0.25, 0.3) is 0 Å². The average Bonchev–Trinajstić information content (AvgIpc) is 2.29. The lowest BCUT2D eigenvalue weighted by Gasteiger charge is -2.26. The van der Waals surface area contributed by atoms with Crippen LogP contribution in [0.15, 0.2) is 12.1 Å². The summed E-state index contributed by atoms with van der Waals surface area (Å²) in [7, 11) is -3.20. The zero-order valence-corrected chi connectivity index (χ0v) is 14.1. The minimum Gasteiger partial charge on any atom is -0.309 e. The highest BCUT2D eigenvalue weighted by molar-refractivity contribution is 7.92. The summed E-state index contributed by atoms with van der Waals surface area (Å²) < 4.78 is 35.8. The van der Waals surface area contributed by atoms with E-state index in [4.69, 9.17) is 23.2 Å². The zero-order chi connectivity index (χ0) is 15.7. The highest BCUT2D eigenvalue weighted by atomic mass is 35.5. The summed E-state index contributed by atoms with van der Waals surface area (Å²) in [6.45, 7) is 5.28. The van der Waals surface area contributed by atoms with Crippen LogP contribution in [0.5, 0.6) is 0 Å². The molecular formula is C13H18Cl2FNO2S. The molecule has 0 aliphatic heterocycles. The van der Waals surface area contributed by atoms with E-state index >= 15 is 0 Å². The van der Waals surface area contributed by atoms with Gasteiger partial charge in [-0.1, -0.05) is 23.2 Å². The van der Waals surface area contributed by atoms with Crippen molar-refractivity contribution >= 4 is 33.0 Å². The smallest absolute Gasteiger partial charge is 0.153 e. The molecule has 7 heteroatoms. The Kier molecular flexibility index (Phi) is 5.46. The molecule has 0 heterocycles. The molecule has 0 aliphatic rings. The summed E-state index contributed by atoms with van der Waals surface area (Å²) in [5.41, 5.74) is 0.540. The summed E-state index contributed by atoms with van der Waals surface area (Å²) in [4.78, 5) is 0. The van der Waals surface area contributed by atoms with Crippen LogP contribution in [-0.2, 0) is 9.84 Å². The fourth-order valence-electron chi connectivity index (χ4n) is 1.51. The first kappa shape index (κ1) is 17.7. The van der Waals surface area contributed by atoms with Gasteiger partial charge in [0.1, 0.15) is 5.82 Å². The van der Waals surface area contributed by atoms with Crippen molar-refractivity contribution in [2.75, 3.05) is 12.8 Å². The maximum atomic E-state index is 13.5. The number of halogens is 3. The zero-order valence-electron chi connectivity index (χ0n) is 11.8. The molecular weight excluding hydrogens is 324 g/mol. The summed E-state index contributed by atoms with van der Waals surface area (Å²) in [6.07, 6.45) is 1.19. The van der Waals surface area contributed by atoms with E-state index in [0.29, 0.717) is 10.6 Å². The molecule has 0 aliphatic carbocycles. The van der Waals surface area contributed by atoms with E-state index in [0.717, 1.165) is 0 Å². The molecule has 1 aromatic carbocycles. The van der Waals surface area contributed by atoms with Crippen LogP contribution in [0.4, 0.5) is 4.39 Å². The van der Waals surface area contributed by atoms with Gasteiger partial charge in [0.15, 0.2) is 9.84 Å². The second-order valence-electron chi connectivity index (χ2n) is 5.42. The van der Waals surface area contributed by atoms with Gasteiger partial charge >= 0.3 is 0 Å². The second-order valence-corrected chi connectivity index (χ2v) is 8.89. The molecule has 0 fully saturated rings. The van der Waals surface area contributed by atoms with Crippen molar-refractivity contribution in [3.63, 3.8) is 0 Å². The van der Waals surface area contributed by atoms with Crippen molar-refractivity contribution in [2.45, 2.75) is 31.6 Å². The first-order chi connectivity index (χ1) is 8.95. The molecule has 1 atom stereocenters. The molecule has 0 saturated heterocycles. The number of hydrogen-bond donors (Lipinski definition) is 1. The van der Waals surface area contributed by atoms with Crippen LogP contribution >= 0.6 is 23.2 Å². The quantitative estimate of drug-likeness (QED) is 0.832. The van der Waals surface area contributed by atoms with Crippen LogP contribution in [-0.4, -0.2) is 26.0 Å². The summed E-state index contributed by atoms with van der Waals surface area (Å²) in [6, 6.07) is 2.30. The van der Waals surface area contributed by atoms with Gasteiger partial charge in [-0.25, -0.2) is 12.8 Å². The summed E-state index contributed by atoms with van der Waals surface area (Å²) in [5.74, 6) is -0.554.